The van der Waals surface area contributed by atoms with Crippen molar-refractivity contribution in [2.75, 3.05) is 17.6 Å². The monoisotopic (exact) mass is 255 g/mol. The molecule has 3 rings (SSSR count). The van der Waals surface area contributed by atoms with E-state index in [0.717, 1.165) is 40.7 Å². The van der Waals surface area contributed by atoms with Gasteiger partial charge in [0.1, 0.15) is 0 Å². The Balaban J connectivity index is 1.83. The second-order valence-corrected chi connectivity index (χ2v) is 5.65. The molecule has 19 heavy (non-hydrogen) atoms. The van der Waals surface area contributed by atoms with Crippen LogP contribution in [0.4, 0.5) is 11.4 Å². The topological polar surface area (TPSA) is 50.9 Å². The Hall–Kier alpha value is -1.77. The molecule has 1 aromatic carbocycles. The lowest BCUT2D eigenvalue weighted by atomic mass is 9.98. The zero-order valence-corrected chi connectivity index (χ0v) is 11.4. The van der Waals surface area contributed by atoms with Gasteiger partial charge >= 0.3 is 0 Å². The molecule has 0 aliphatic heterocycles. The molecule has 3 N–H and O–H groups in total. The van der Waals surface area contributed by atoms with Gasteiger partial charge in [-0.25, -0.2) is 0 Å². The van der Waals surface area contributed by atoms with Crippen molar-refractivity contribution in [2.24, 2.45) is 11.8 Å². The van der Waals surface area contributed by atoms with Gasteiger partial charge in [0.25, 0.3) is 0 Å². The van der Waals surface area contributed by atoms with Gasteiger partial charge in [-0.05, 0) is 42.5 Å². The third kappa shape index (κ3) is 2.37. The highest BCUT2D eigenvalue weighted by Crippen LogP contribution is 2.32. The first kappa shape index (κ1) is 12.3. The fraction of sp³-hybridized carbons (Fsp3) is 0.438. The molecule has 1 fully saturated rings. The minimum absolute atomic E-state index is 0.746. The summed E-state index contributed by atoms with van der Waals surface area (Å²) in [4.78, 5) is 4.37. The van der Waals surface area contributed by atoms with E-state index in [1.807, 2.05) is 12.1 Å². The number of nitrogens with zero attached hydrogens (tertiary/aromatic N) is 1. The highest BCUT2D eigenvalue weighted by atomic mass is 14.9. The zero-order chi connectivity index (χ0) is 13.2. The molecule has 1 aromatic heterocycles. The summed E-state index contributed by atoms with van der Waals surface area (Å²) in [7, 11) is 0. The van der Waals surface area contributed by atoms with Crippen LogP contribution in [0.25, 0.3) is 10.9 Å². The fourth-order valence-electron chi connectivity index (χ4n) is 3.12. The van der Waals surface area contributed by atoms with E-state index in [2.05, 4.69) is 29.4 Å². The largest absolute Gasteiger partial charge is 0.397 e. The lowest BCUT2D eigenvalue weighted by Gasteiger charge is -2.18. The SMILES string of the molecule is CC1CCCC1CNc1ccc(N)c2ncccc12. The van der Waals surface area contributed by atoms with Crippen LogP contribution in [0.2, 0.25) is 0 Å². The molecule has 0 saturated heterocycles. The third-order valence-electron chi connectivity index (χ3n) is 4.39. The molecular formula is C16H21N3. The van der Waals surface area contributed by atoms with Crippen LogP contribution in [0.15, 0.2) is 30.5 Å². The highest BCUT2D eigenvalue weighted by Gasteiger charge is 2.22. The second kappa shape index (κ2) is 5.08. The summed E-state index contributed by atoms with van der Waals surface area (Å²) in [5, 5.41) is 4.71. The summed E-state index contributed by atoms with van der Waals surface area (Å²) >= 11 is 0. The van der Waals surface area contributed by atoms with Gasteiger partial charge in [-0.1, -0.05) is 19.8 Å². The molecule has 0 bridgehead atoms. The van der Waals surface area contributed by atoms with E-state index < -0.39 is 0 Å². The van der Waals surface area contributed by atoms with Crippen LogP contribution in [-0.4, -0.2) is 11.5 Å². The second-order valence-electron chi connectivity index (χ2n) is 5.65. The maximum Gasteiger partial charge on any atom is 0.0951 e. The van der Waals surface area contributed by atoms with E-state index in [1.165, 1.54) is 19.3 Å². The van der Waals surface area contributed by atoms with Crippen molar-refractivity contribution in [3.8, 4) is 0 Å². The standard InChI is InChI=1S/C16H21N3/c1-11-4-2-5-12(11)10-19-15-8-7-14(17)16-13(15)6-3-9-18-16/h3,6-9,11-12,19H,2,4-5,10,17H2,1H3. The van der Waals surface area contributed by atoms with Crippen LogP contribution < -0.4 is 11.1 Å². The van der Waals surface area contributed by atoms with Crippen molar-refractivity contribution in [3.63, 3.8) is 0 Å². The number of nitrogens with two attached hydrogens (primary N) is 1. The number of anilines is 2. The Morgan fingerprint density at radius 2 is 2.21 bits per heavy atom. The zero-order valence-electron chi connectivity index (χ0n) is 11.4. The van der Waals surface area contributed by atoms with Gasteiger partial charge in [0, 0.05) is 23.8 Å². The lowest BCUT2D eigenvalue weighted by Crippen LogP contribution is -2.16. The van der Waals surface area contributed by atoms with E-state index in [-0.39, 0.29) is 0 Å². The highest BCUT2D eigenvalue weighted by molar-refractivity contribution is 5.98. The Morgan fingerprint density at radius 3 is 3.00 bits per heavy atom. The molecular weight excluding hydrogens is 234 g/mol. The summed E-state index contributed by atoms with van der Waals surface area (Å²) in [6.07, 6.45) is 5.88. The number of aromatic nitrogens is 1. The number of hydrogen-bond acceptors (Lipinski definition) is 3. The molecule has 0 amide bonds. The smallest absolute Gasteiger partial charge is 0.0951 e. The van der Waals surface area contributed by atoms with Gasteiger partial charge in [0.15, 0.2) is 0 Å². The van der Waals surface area contributed by atoms with Gasteiger partial charge in [-0.3, -0.25) is 4.98 Å². The lowest BCUT2D eigenvalue weighted by molar-refractivity contribution is 0.440. The van der Waals surface area contributed by atoms with Gasteiger partial charge < -0.3 is 11.1 Å². The summed E-state index contributed by atoms with van der Waals surface area (Å²) in [5.41, 5.74) is 8.77. The van der Waals surface area contributed by atoms with E-state index >= 15 is 0 Å². The first-order chi connectivity index (χ1) is 9.25. The molecule has 3 heteroatoms. The summed E-state index contributed by atoms with van der Waals surface area (Å²) in [6.45, 7) is 3.41. The number of hydrogen-bond donors (Lipinski definition) is 2. The van der Waals surface area contributed by atoms with Crippen LogP contribution in [0.3, 0.4) is 0 Å². The average Bonchev–Trinajstić information content (AvgIpc) is 2.84. The molecule has 1 aliphatic rings. The molecule has 0 radical (unpaired) electrons. The first-order valence-corrected chi connectivity index (χ1v) is 7.13. The van der Waals surface area contributed by atoms with Crippen molar-refractivity contribution in [2.45, 2.75) is 26.2 Å². The van der Waals surface area contributed by atoms with Gasteiger partial charge in [-0.2, -0.15) is 0 Å². The Bertz CT molecular complexity index is 579. The maximum absolute atomic E-state index is 5.98. The molecule has 2 unspecified atom stereocenters. The third-order valence-corrected chi connectivity index (χ3v) is 4.39. The number of fused-ring (bicyclic) bond motifs is 1. The minimum Gasteiger partial charge on any atom is -0.397 e. The molecule has 1 aliphatic carbocycles. The number of rotatable bonds is 3. The number of nitrogen functional groups attached to an aromatic ring is 1. The van der Waals surface area contributed by atoms with Crippen LogP contribution in [0, 0.1) is 11.8 Å². The number of pyridine rings is 1. The fourth-order valence-corrected chi connectivity index (χ4v) is 3.12. The molecule has 100 valence electrons. The predicted octanol–water partition coefficient (Wildman–Crippen LogP) is 3.67. The number of nitrogens with one attached hydrogen (secondary N) is 1. The van der Waals surface area contributed by atoms with Crippen LogP contribution in [0.1, 0.15) is 26.2 Å². The summed E-state index contributed by atoms with van der Waals surface area (Å²) < 4.78 is 0. The van der Waals surface area contributed by atoms with Crippen molar-refractivity contribution < 1.29 is 0 Å². The predicted molar refractivity (Wildman–Crippen MR) is 81.2 cm³/mol. The van der Waals surface area contributed by atoms with Gasteiger partial charge in [-0.15, -0.1) is 0 Å². The molecule has 2 aromatic rings. The Morgan fingerprint density at radius 1 is 1.32 bits per heavy atom. The number of benzene rings is 1. The van der Waals surface area contributed by atoms with Crippen molar-refractivity contribution in [1.29, 1.82) is 0 Å². The average molecular weight is 255 g/mol. The van der Waals surface area contributed by atoms with Crippen LogP contribution >= 0.6 is 0 Å². The van der Waals surface area contributed by atoms with Crippen molar-refractivity contribution in [1.82, 2.24) is 4.98 Å². The molecule has 3 nitrogen and oxygen atoms in total. The molecule has 1 heterocycles. The van der Waals surface area contributed by atoms with E-state index in [9.17, 15) is 0 Å². The maximum atomic E-state index is 5.98. The quantitative estimate of drug-likeness (QED) is 0.823. The minimum atomic E-state index is 0.746. The van der Waals surface area contributed by atoms with Gasteiger partial charge in [0.05, 0.1) is 11.2 Å². The van der Waals surface area contributed by atoms with Crippen molar-refractivity contribution >= 4 is 22.3 Å². The van der Waals surface area contributed by atoms with Crippen LogP contribution in [0.5, 0.6) is 0 Å². The van der Waals surface area contributed by atoms with Gasteiger partial charge in [0.2, 0.25) is 0 Å². The Kier molecular flexibility index (Phi) is 3.28. The van der Waals surface area contributed by atoms with E-state index in [4.69, 9.17) is 5.73 Å². The molecule has 2 atom stereocenters. The Labute approximate surface area is 114 Å². The first-order valence-electron chi connectivity index (χ1n) is 7.13. The molecule has 0 spiro atoms. The van der Waals surface area contributed by atoms with Crippen molar-refractivity contribution in [3.05, 3.63) is 30.5 Å². The summed E-state index contributed by atoms with van der Waals surface area (Å²) in [5.74, 6) is 1.63. The van der Waals surface area contributed by atoms with E-state index in [0.29, 0.717) is 0 Å². The summed E-state index contributed by atoms with van der Waals surface area (Å²) in [6, 6.07) is 8.05. The normalized spacial score (nSPS) is 22.8. The molecule has 1 saturated carbocycles. The van der Waals surface area contributed by atoms with Crippen LogP contribution in [-0.2, 0) is 0 Å². The van der Waals surface area contributed by atoms with E-state index in [1.54, 1.807) is 6.20 Å².